The Morgan fingerprint density at radius 1 is 0.510 bits per heavy atom. The van der Waals surface area contributed by atoms with Gasteiger partial charge in [0.25, 0.3) is 0 Å². The van der Waals surface area contributed by atoms with Crippen molar-refractivity contribution in [1.29, 1.82) is 0 Å². The van der Waals surface area contributed by atoms with Gasteiger partial charge in [0.1, 0.15) is 0 Å². The third-order valence-electron chi connectivity index (χ3n) is 13.8. The minimum atomic E-state index is -0.103. The Kier molecular flexibility index (Phi) is 6.69. The molecule has 4 aromatic rings. The van der Waals surface area contributed by atoms with Gasteiger partial charge in [-0.05, 0) is 127 Å². The fourth-order valence-electron chi connectivity index (χ4n) is 10.2. The lowest BCUT2D eigenvalue weighted by molar-refractivity contribution is 0.332. The van der Waals surface area contributed by atoms with Crippen LogP contribution in [0.15, 0.2) is 66.7 Å². The van der Waals surface area contributed by atoms with Crippen LogP contribution < -0.4 is 21.3 Å². The third-order valence-corrected chi connectivity index (χ3v) is 13.8. The summed E-state index contributed by atoms with van der Waals surface area (Å²) in [6.07, 6.45) is 4.88. The zero-order chi connectivity index (χ0) is 35.3. The smallest absolute Gasteiger partial charge is 0.247 e. The molecule has 2 heterocycles. The lowest BCUT2D eigenvalue weighted by Crippen LogP contribution is -2.64. The highest BCUT2D eigenvalue weighted by Crippen LogP contribution is 2.52. The van der Waals surface area contributed by atoms with Gasteiger partial charge in [-0.3, -0.25) is 0 Å². The van der Waals surface area contributed by atoms with Crippen LogP contribution in [0.3, 0.4) is 0 Å². The van der Waals surface area contributed by atoms with Gasteiger partial charge < -0.3 is 4.90 Å². The zero-order valence-electron chi connectivity index (χ0n) is 32.7. The lowest BCUT2D eigenvalue weighted by atomic mass is 9.29. The highest BCUT2D eigenvalue weighted by Gasteiger charge is 2.48. The monoisotopic (exact) mass is 647 g/mol. The number of anilines is 3. The average Bonchev–Trinajstić information content (AvgIpc) is 3.02. The van der Waals surface area contributed by atoms with E-state index in [9.17, 15) is 0 Å². The third kappa shape index (κ3) is 4.64. The molecule has 0 aromatic heterocycles. The normalized spacial score (nSPS) is 21.6. The number of benzene rings is 4. The fraction of sp³-hybridized carbons (Fsp3) is 0.489. The van der Waals surface area contributed by atoms with E-state index in [0.29, 0.717) is 0 Å². The van der Waals surface area contributed by atoms with Crippen molar-refractivity contribution in [3.05, 3.63) is 106 Å². The van der Waals surface area contributed by atoms with Gasteiger partial charge >= 0.3 is 0 Å². The Bertz CT molecular complexity index is 2050. The molecule has 8 rings (SSSR count). The van der Waals surface area contributed by atoms with Crippen LogP contribution in [0.4, 0.5) is 17.1 Å². The topological polar surface area (TPSA) is 3.24 Å². The highest BCUT2D eigenvalue weighted by atomic mass is 15.2. The van der Waals surface area contributed by atoms with Gasteiger partial charge in [0.15, 0.2) is 0 Å². The van der Waals surface area contributed by atoms with E-state index < -0.39 is 0 Å². The standard InChI is InChI=1S/C47H58BN/c1-42(2,3)29-17-19-32-37(25-29)48-38-27-35-36(46(10,11)24-23-45(35,8)9)28-40(38)49(39-16-14-15-33(41(39)48)47(32,12)13)30-18-20-31-34(26-30)44(6,7)22-21-43(31,4)5/h14-20,25-28H,21-24H2,1-13H3. The molecule has 0 saturated carbocycles. The first kappa shape index (κ1) is 32.9. The Balaban J connectivity index is 1.48. The molecular formula is C47H58BN. The van der Waals surface area contributed by atoms with E-state index in [-0.39, 0.29) is 39.2 Å². The second-order valence-electron chi connectivity index (χ2n) is 20.4. The van der Waals surface area contributed by atoms with E-state index in [1.165, 1.54) is 92.5 Å². The summed E-state index contributed by atoms with van der Waals surface area (Å²) in [4.78, 5) is 2.68. The summed E-state index contributed by atoms with van der Waals surface area (Å²) in [5.74, 6) is 0. The molecular weight excluding hydrogens is 589 g/mol. The summed E-state index contributed by atoms with van der Waals surface area (Å²) in [6, 6.07) is 27.5. The maximum Gasteiger partial charge on any atom is 0.247 e. The van der Waals surface area contributed by atoms with Crippen molar-refractivity contribution in [3.63, 3.8) is 0 Å². The minimum Gasteiger partial charge on any atom is -0.311 e. The summed E-state index contributed by atoms with van der Waals surface area (Å²) in [5.41, 5.74) is 19.6. The van der Waals surface area contributed by atoms with Crippen LogP contribution in [0.2, 0.25) is 0 Å². The van der Waals surface area contributed by atoms with Gasteiger partial charge in [-0.2, -0.15) is 0 Å². The van der Waals surface area contributed by atoms with Crippen molar-refractivity contribution in [2.75, 3.05) is 4.90 Å². The SMILES string of the molecule is CC(C)(C)c1ccc2c(c1)B1c3cc4c(cc3N(c3ccc5c(c3)C(C)(C)CCC5(C)C)c3cccc(c31)C2(C)C)C(C)(C)CCC4(C)C. The Morgan fingerprint density at radius 2 is 1.06 bits per heavy atom. The number of fused-ring (bicyclic) bond motifs is 6. The van der Waals surface area contributed by atoms with E-state index in [1.54, 1.807) is 5.56 Å². The van der Waals surface area contributed by atoms with E-state index in [1.807, 2.05) is 0 Å². The largest absolute Gasteiger partial charge is 0.311 e. The van der Waals surface area contributed by atoms with Gasteiger partial charge in [-0.25, -0.2) is 0 Å². The first-order valence-corrected chi connectivity index (χ1v) is 19.1. The van der Waals surface area contributed by atoms with Crippen LogP contribution in [0.25, 0.3) is 0 Å². The molecule has 0 radical (unpaired) electrons. The van der Waals surface area contributed by atoms with Crippen LogP contribution in [0.5, 0.6) is 0 Å². The highest BCUT2D eigenvalue weighted by molar-refractivity contribution is 6.99. The molecule has 0 amide bonds. The molecule has 0 saturated heterocycles. The fourth-order valence-corrected chi connectivity index (χ4v) is 10.2. The summed E-state index contributed by atoms with van der Waals surface area (Å²) in [6.45, 7) is 31.9. The second kappa shape index (κ2) is 9.95. The molecule has 2 heteroatoms. The molecule has 0 fully saturated rings. The summed E-state index contributed by atoms with van der Waals surface area (Å²) >= 11 is 0. The van der Waals surface area contributed by atoms with Crippen LogP contribution >= 0.6 is 0 Å². The molecule has 4 aromatic carbocycles. The van der Waals surface area contributed by atoms with Crippen LogP contribution in [0, 0.1) is 0 Å². The molecule has 0 N–H and O–H groups in total. The first-order valence-electron chi connectivity index (χ1n) is 19.1. The average molecular weight is 648 g/mol. The molecule has 4 aliphatic rings. The molecule has 49 heavy (non-hydrogen) atoms. The van der Waals surface area contributed by atoms with Crippen LogP contribution in [-0.2, 0) is 32.5 Å². The number of nitrogens with zero attached hydrogens (tertiary/aromatic N) is 1. The summed E-state index contributed by atoms with van der Waals surface area (Å²) < 4.78 is 0. The van der Waals surface area contributed by atoms with Crippen molar-refractivity contribution in [2.45, 2.75) is 148 Å². The van der Waals surface area contributed by atoms with Crippen molar-refractivity contribution in [2.24, 2.45) is 0 Å². The summed E-state index contributed by atoms with van der Waals surface area (Å²) in [7, 11) is 0. The first-order chi connectivity index (χ1) is 22.7. The zero-order valence-corrected chi connectivity index (χ0v) is 32.7. The Hall–Kier alpha value is -3.26. The van der Waals surface area contributed by atoms with Crippen molar-refractivity contribution >= 4 is 40.2 Å². The van der Waals surface area contributed by atoms with Gasteiger partial charge in [0.2, 0.25) is 6.71 Å². The molecule has 0 unspecified atom stereocenters. The van der Waals surface area contributed by atoms with E-state index in [4.69, 9.17) is 0 Å². The van der Waals surface area contributed by atoms with Crippen molar-refractivity contribution in [3.8, 4) is 0 Å². The molecule has 0 spiro atoms. The number of hydrogen-bond acceptors (Lipinski definition) is 1. The summed E-state index contributed by atoms with van der Waals surface area (Å²) in [5, 5.41) is 0. The van der Waals surface area contributed by atoms with Crippen molar-refractivity contribution < 1.29 is 0 Å². The minimum absolute atomic E-state index is 0.0775. The Morgan fingerprint density at radius 3 is 1.67 bits per heavy atom. The molecule has 1 nitrogen and oxygen atoms in total. The quantitative estimate of drug-likeness (QED) is 0.164. The van der Waals surface area contributed by atoms with Crippen LogP contribution in [0.1, 0.15) is 155 Å². The van der Waals surface area contributed by atoms with Gasteiger partial charge in [-0.1, -0.05) is 138 Å². The second-order valence-corrected chi connectivity index (χ2v) is 20.4. The van der Waals surface area contributed by atoms with Gasteiger partial charge in [0.05, 0.1) is 0 Å². The van der Waals surface area contributed by atoms with Gasteiger partial charge in [0, 0.05) is 22.5 Å². The molecule has 2 aliphatic carbocycles. The van der Waals surface area contributed by atoms with E-state index in [0.717, 1.165) is 0 Å². The van der Waals surface area contributed by atoms with Crippen molar-refractivity contribution in [1.82, 2.24) is 0 Å². The van der Waals surface area contributed by atoms with Gasteiger partial charge in [-0.15, -0.1) is 0 Å². The molecule has 254 valence electrons. The molecule has 0 atom stereocenters. The lowest BCUT2D eigenvalue weighted by Gasteiger charge is -2.48. The molecule has 2 aliphatic heterocycles. The predicted molar refractivity (Wildman–Crippen MR) is 214 cm³/mol. The maximum atomic E-state index is 2.68. The predicted octanol–water partition coefficient (Wildman–Crippen LogP) is 10.6. The Labute approximate surface area is 298 Å². The van der Waals surface area contributed by atoms with E-state index in [2.05, 4.69) is 162 Å². The van der Waals surface area contributed by atoms with E-state index >= 15 is 0 Å². The number of rotatable bonds is 1. The number of hydrogen-bond donors (Lipinski definition) is 0. The molecule has 0 bridgehead atoms. The maximum absolute atomic E-state index is 2.68. The van der Waals surface area contributed by atoms with Crippen LogP contribution in [-0.4, -0.2) is 6.71 Å².